The molecule has 1 unspecified atom stereocenters. The summed E-state index contributed by atoms with van der Waals surface area (Å²) in [6.07, 6.45) is -3.94. The van der Waals surface area contributed by atoms with Gasteiger partial charge in [0.2, 0.25) is 0 Å². The molecule has 0 aromatic heterocycles. The first-order valence-electron chi connectivity index (χ1n) is 9.72. The maximum Gasteiger partial charge on any atom is 0.118 e. The maximum atomic E-state index is 10.5. The Labute approximate surface area is 174 Å². The summed E-state index contributed by atoms with van der Waals surface area (Å²) in [6.45, 7) is -0.408. The summed E-state index contributed by atoms with van der Waals surface area (Å²) in [5.74, 6) is 0.823. The van der Waals surface area contributed by atoms with E-state index in [0.717, 1.165) is 12.2 Å². The maximum absolute atomic E-state index is 10.5. The number of hydrogen-bond donors (Lipinski definition) is 4. The fraction of sp³-hybridized carbons (Fsp3) is 0.455. The number of methoxy groups -OCH3 is 1. The SMILES string of the molecule is COc1ccc(Cc2cccc3c2SC([C@@H]2O[C@H](CO)[C@@H](O)[C@H](O)[C@H]2O)C3)cc1. The smallest absolute Gasteiger partial charge is 0.118 e. The predicted molar refractivity (Wildman–Crippen MR) is 109 cm³/mol. The van der Waals surface area contributed by atoms with E-state index in [1.807, 2.05) is 30.3 Å². The van der Waals surface area contributed by atoms with Crippen LogP contribution in [0.2, 0.25) is 0 Å². The van der Waals surface area contributed by atoms with Crippen molar-refractivity contribution in [1.82, 2.24) is 0 Å². The van der Waals surface area contributed by atoms with E-state index in [-0.39, 0.29) is 5.25 Å². The zero-order valence-corrected chi connectivity index (χ0v) is 17.0. The fourth-order valence-electron chi connectivity index (χ4n) is 4.08. The molecule has 2 aliphatic rings. The third-order valence-electron chi connectivity index (χ3n) is 5.72. The number of hydrogen-bond acceptors (Lipinski definition) is 7. The van der Waals surface area contributed by atoms with Crippen LogP contribution in [0.3, 0.4) is 0 Å². The average Bonchev–Trinajstić information content (AvgIpc) is 3.18. The lowest BCUT2D eigenvalue weighted by Crippen LogP contribution is -2.60. The van der Waals surface area contributed by atoms with Gasteiger partial charge in [0.05, 0.1) is 19.8 Å². The number of benzene rings is 2. The van der Waals surface area contributed by atoms with Crippen molar-refractivity contribution in [1.29, 1.82) is 0 Å². The van der Waals surface area contributed by atoms with Crippen molar-refractivity contribution < 1.29 is 29.9 Å². The van der Waals surface area contributed by atoms with Crippen LogP contribution in [0.4, 0.5) is 0 Å². The van der Waals surface area contributed by atoms with E-state index in [1.165, 1.54) is 21.6 Å². The molecule has 2 heterocycles. The first-order valence-corrected chi connectivity index (χ1v) is 10.6. The van der Waals surface area contributed by atoms with Gasteiger partial charge >= 0.3 is 0 Å². The number of ether oxygens (including phenoxy) is 2. The molecule has 1 saturated heterocycles. The molecule has 2 aliphatic heterocycles. The molecule has 29 heavy (non-hydrogen) atoms. The van der Waals surface area contributed by atoms with Gasteiger partial charge in [-0.1, -0.05) is 30.3 Å². The molecule has 0 bridgehead atoms. The molecule has 6 nitrogen and oxygen atoms in total. The first-order chi connectivity index (χ1) is 14.0. The highest BCUT2D eigenvalue weighted by Gasteiger charge is 2.47. The quantitative estimate of drug-likeness (QED) is 0.578. The van der Waals surface area contributed by atoms with Gasteiger partial charge in [0.15, 0.2) is 0 Å². The van der Waals surface area contributed by atoms with Crippen LogP contribution < -0.4 is 4.74 Å². The van der Waals surface area contributed by atoms with Gasteiger partial charge in [0.25, 0.3) is 0 Å². The van der Waals surface area contributed by atoms with Crippen LogP contribution in [-0.2, 0) is 17.6 Å². The van der Waals surface area contributed by atoms with E-state index >= 15 is 0 Å². The number of thioether (sulfide) groups is 1. The van der Waals surface area contributed by atoms with E-state index < -0.39 is 37.1 Å². The second-order valence-corrected chi connectivity index (χ2v) is 8.83. The van der Waals surface area contributed by atoms with Crippen molar-refractivity contribution in [2.75, 3.05) is 13.7 Å². The van der Waals surface area contributed by atoms with Crippen molar-refractivity contribution in [2.45, 2.75) is 53.5 Å². The van der Waals surface area contributed by atoms with Crippen molar-refractivity contribution in [3.63, 3.8) is 0 Å². The molecule has 0 radical (unpaired) electrons. The standard InChI is InChI=1S/C22H26O6S/c1-27-15-7-5-12(6-8-15)9-13-3-2-4-14-10-17(29-22(13)14)21-20(26)19(25)18(24)16(11-23)28-21/h2-8,16-21,23-26H,9-11H2,1H3/t16-,17?,18-,19+,20-,21+/m1/s1. The Bertz CT molecular complexity index is 840. The molecule has 4 N–H and O–H groups in total. The third kappa shape index (κ3) is 4.03. The summed E-state index contributed by atoms with van der Waals surface area (Å²) in [4.78, 5) is 1.17. The molecule has 0 aliphatic carbocycles. The van der Waals surface area contributed by atoms with Gasteiger partial charge in [-0.25, -0.2) is 0 Å². The van der Waals surface area contributed by atoms with E-state index in [9.17, 15) is 20.4 Å². The predicted octanol–water partition coefficient (Wildman–Crippen LogP) is 1.15. The highest BCUT2D eigenvalue weighted by molar-refractivity contribution is 8.00. The lowest BCUT2D eigenvalue weighted by atomic mass is 9.91. The molecule has 156 valence electrons. The van der Waals surface area contributed by atoms with Crippen molar-refractivity contribution in [2.24, 2.45) is 0 Å². The fourth-order valence-corrected chi connectivity index (χ4v) is 5.60. The summed E-state index contributed by atoms with van der Waals surface area (Å²) in [5.41, 5.74) is 3.56. The molecule has 6 atom stereocenters. The number of aliphatic hydroxyl groups excluding tert-OH is 4. The summed E-state index contributed by atoms with van der Waals surface area (Å²) < 4.78 is 11.0. The Balaban J connectivity index is 1.53. The Hall–Kier alpha value is -1.61. The van der Waals surface area contributed by atoms with Crippen molar-refractivity contribution >= 4 is 11.8 Å². The first kappa shape index (κ1) is 20.7. The molecule has 0 amide bonds. The van der Waals surface area contributed by atoms with E-state index in [1.54, 1.807) is 18.9 Å². The number of rotatable bonds is 5. The van der Waals surface area contributed by atoms with Gasteiger partial charge < -0.3 is 29.9 Å². The van der Waals surface area contributed by atoms with Crippen molar-refractivity contribution in [3.8, 4) is 5.75 Å². The van der Waals surface area contributed by atoms with Crippen LogP contribution in [0.25, 0.3) is 0 Å². The topological polar surface area (TPSA) is 99.4 Å². The summed E-state index contributed by atoms with van der Waals surface area (Å²) >= 11 is 1.63. The van der Waals surface area contributed by atoms with E-state index in [4.69, 9.17) is 9.47 Å². The van der Waals surface area contributed by atoms with Gasteiger partial charge in [-0.15, -0.1) is 11.8 Å². The minimum Gasteiger partial charge on any atom is -0.497 e. The molecule has 2 aromatic rings. The Kier molecular flexibility index (Phi) is 6.15. The lowest BCUT2D eigenvalue weighted by Gasteiger charge is -2.42. The number of aliphatic hydroxyl groups is 4. The second-order valence-electron chi connectivity index (χ2n) is 7.58. The minimum atomic E-state index is -1.34. The average molecular weight is 419 g/mol. The van der Waals surface area contributed by atoms with E-state index in [0.29, 0.717) is 6.42 Å². The van der Waals surface area contributed by atoms with Crippen molar-refractivity contribution in [3.05, 3.63) is 59.2 Å². The highest BCUT2D eigenvalue weighted by Crippen LogP contribution is 2.44. The van der Waals surface area contributed by atoms with Gasteiger partial charge in [0, 0.05) is 10.1 Å². The van der Waals surface area contributed by atoms with Crippen LogP contribution in [0, 0.1) is 0 Å². The Morgan fingerprint density at radius 3 is 2.48 bits per heavy atom. The van der Waals surface area contributed by atoms with E-state index in [2.05, 4.69) is 12.1 Å². The van der Waals surface area contributed by atoms with Gasteiger partial charge in [-0.3, -0.25) is 0 Å². The van der Waals surface area contributed by atoms with Gasteiger partial charge in [0.1, 0.15) is 30.2 Å². The largest absolute Gasteiger partial charge is 0.497 e. The van der Waals surface area contributed by atoms with Crippen LogP contribution in [-0.4, -0.2) is 69.9 Å². The zero-order chi connectivity index (χ0) is 20.5. The summed E-state index contributed by atoms with van der Waals surface area (Å²) in [5, 5.41) is 40.0. The van der Waals surface area contributed by atoms with Crippen LogP contribution in [0.5, 0.6) is 5.75 Å². The van der Waals surface area contributed by atoms with Gasteiger partial charge in [-0.2, -0.15) is 0 Å². The summed E-state index contributed by atoms with van der Waals surface area (Å²) in [7, 11) is 1.65. The zero-order valence-electron chi connectivity index (χ0n) is 16.1. The molecule has 4 rings (SSSR count). The van der Waals surface area contributed by atoms with Crippen LogP contribution in [0.15, 0.2) is 47.4 Å². The molecule has 1 fully saturated rings. The van der Waals surface area contributed by atoms with Crippen LogP contribution >= 0.6 is 11.8 Å². The molecule has 2 aromatic carbocycles. The summed E-state index contributed by atoms with van der Waals surface area (Å²) in [6, 6.07) is 14.2. The molecular weight excluding hydrogens is 392 g/mol. The van der Waals surface area contributed by atoms with Gasteiger partial charge in [-0.05, 0) is 41.7 Å². The lowest BCUT2D eigenvalue weighted by molar-refractivity contribution is -0.228. The molecule has 0 spiro atoms. The Morgan fingerprint density at radius 1 is 1.03 bits per heavy atom. The third-order valence-corrected chi connectivity index (χ3v) is 7.22. The minimum absolute atomic E-state index is 0.104. The highest BCUT2D eigenvalue weighted by atomic mass is 32.2. The second kappa shape index (κ2) is 8.63. The normalized spacial score (nSPS) is 31.5. The molecular formula is C22H26O6S. The van der Waals surface area contributed by atoms with Crippen LogP contribution in [0.1, 0.15) is 16.7 Å². The Morgan fingerprint density at radius 2 is 1.79 bits per heavy atom. The molecule has 7 heteroatoms. The monoisotopic (exact) mass is 418 g/mol. The number of fused-ring (bicyclic) bond motifs is 1. The molecule has 0 saturated carbocycles.